The molecule has 0 aliphatic rings. The number of nitrogens with zero attached hydrogens (tertiary/aromatic N) is 1. The monoisotopic (exact) mass is 474 g/mol. The van der Waals surface area contributed by atoms with Crippen molar-refractivity contribution in [2.45, 2.75) is 26.2 Å². The maximum atomic E-state index is 12.9. The molecule has 2 amide bonds. The average Bonchev–Trinajstić information content (AvgIpc) is 2.84. The van der Waals surface area contributed by atoms with Gasteiger partial charge in [0.05, 0.1) is 17.8 Å². The topological polar surface area (TPSA) is 154 Å². The lowest BCUT2D eigenvalue weighted by atomic mass is 10.0. The summed E-state index contributed by atoms with van der Waals surface area (Å²) in [6, 6.07) is 17.9. The maximum absolute atomic E-state index is 12.9. The van der Waals surface area contributed by atoms with Crippen LogP contribution in [0.1, 0.15) is 57.2 Å². The summed E-state index contributed by atoms with van der Waals surface area (Å²) in [5.41, 5.74) is 8.70. The van der Waals surface area contributed by atoms with Crippen molar-refractivity contribution in [3.8, 4) is 0 Å². The molecule has 0 heterocycles. The minimum atomic E-state index is -1.02. The summed E-state index contributed by atoms with van der Waals surface area (Å²) in [5, 5.41) is 26.5. The number of nitrogens with one attached hydrogen (secondary N) is 2. The van der Waals surface area contributed by atoms with Gasteiger partial charge in [-0.1, -0.05) is 49.3 Å². The molecule has 0 fully saturated rings. The van der Waals surface area contributed by atoms with E-state index in [2.05, 4.69) is 29.6 Å². The van der Waals surface area contributed by atoms with E-state index in [0.29, 0.717) is 22.6 Å². The van der Waals surface area contributed by atoms with E-state index in [1.165, 1.54) is 18.2 Å². The van der Waals surface area contributed by atoms with Crippen molar-refractivity contribution in [3.05, 3.63) is 94.5 Å². The van der Waals surface area contributed by atoms with Crippen LogP contribution in [0.2, 0.25) is 0 Å². The second kappa shape index (κ2) is 11.0. The van der Waals surface area contributed by atoms with E-state index in [9.17, 15) is 14.4 Å². The Morgan fingerprint density at radius 1 is 0.857 bits per heavy atom. The van der Waals surface area contributed by atoms with E-state index in [0.717, 1.165) is 5.56 Å². The minimum absolute atomic E-state index is 0.144. The number of benzene rings is 3. The van der Waals surface area contributed by atoms with Crippen molar-refractivity contribution in [2.24, 2.45) is 10.9 Å². The molecule has 3 rings (SSSR count). The van der Waals surface area contributed by atoms with Crippen molar-refractivity contribution in [2.75, 3.05) is 10.6 Å². The second-order valence-corrected chi connectivity index (χ2v) is 8.20. The fourth-order valence-electron chi connectivity index (χ4n) is 3.37. The van der Waals surface area contributed by atoms with Gasteiger partial charge in [0, 0.05) is 16.7 Å². The van der Waals surface area contributed by atoms with Crippen LogP contribution in [0.3, 0.4) is 0 Å². The zero-order chi connectivity index (χ0) is 25.5. The summed E-state index contributed by atoms with van der Waals surface area (Å²) in [5.74, 6) is -1.76. The van der Waals surface area contributed by atoms with E-state index in [4.69, 9.17) is 16.0 Å². The third kappa shape index (κ3) is 6.44. The zero-order valence-corrected chi connectivity index (χ0v) is 19.3. The molecule has 0 radical (unpaired) electrons. The number of amides is 2. The van der Waals surface area contributed by atoms with E-state index in [-0.39, 0.29) is 29.2 Å². The van der Waals surface area contributed by atoms with Gasteiger partial charge >= 0.3 is 5.97 Å². The molecule has 9 nitrogen and oxygen atoms in total. The first-order valence-corrected chi connectivity index (χ1v) is 10.8. The number of amidine groups is 1. The molecule has 6 N–H and O–H groups in total. The molecule has 0 aliphatic heterocycles. The number of carbonyl (C=O) groups is 3. The Balaban J connectivity index is 1.89. The molecule has 0 aliphatic carbocycles. The van der Waals surface area contributed by atoms with Crippen LogP contribution in [-0.2, 0) is 11.2 Å². The van der Waals surface area contributed by atoms with Crippen molar-refractivity contribution in [3.63, 3.8) is 0 Å². The Bertz CT molecular complexity index is 1280. The molecule has 3 aromatic carbocycles. The first-order valence-electron chi connectivity index (χ1n) is 10.8. The number of hydrogen-bond acceptors (Lipinski definition) is 5. The molecule has 0 unspecified atom stereocenters. The molecule has 0 saturated heterocycles. The van der Waals surface area contributed by atoms with Gasteiger partial charge in [0.1, 0.15) is 0 Å². The first-order chi connectivity index (χ1) is 16.7. The number of aliphatic carboxylic acids is 1. The number of rotatable bonds is 8. The molecule has 3 aromatic rings. The van der Waals surface area contributed by atoms with Crippen molar-refractivity contribution >= 4 is 35.0 Å². The number of carboxylic acid groups (broad SMARTS) is 1. The molecule has 9 heteroatoms. The van der Waals surface area contributed by atoms with Gasteiger partial charge in [0.2, 0.25) is 0 Å². The second-order valence-electron chi connectivity index (χ2n) is 8.20. The number of anilines is 2. The minimum Gasteiger partial charge on any atom is -0.481 e. The summed E-state index contributed by atoms with van der Waals surface area (Å²) in [6.07, 6.45) is -0.248. The Morgan fingerprint density at radius 2 is 1.49 bits per heavy atom. The zero-order valence-electron chi connectivity index (χ0n) is 19.3. The molecule has 0 bridgehead atoms. The summed E-state index contributed by atoms with van der Waals surface area (Å²) in [6.45, 7) is 4.11. The lowest BCUT2D eigenvalue weighted by molar-refractivity contribution is -0.136. The third-order valence-electron chi connectivity index (χ3n) is 5.30. The number of carboxylic acids is 1. The third-order valence-corrected chi connectivity index (χ3v) is 5.30. The normalized spacial score (nSPS) is 11.2. The van der Waals surface area contributed by atoms with Crippen LogP contribution >= 0.6 is 0 Å². The predicted molar refractivity (Wildman–Crippen MR) is 133 cm³/mol. The average molecular weight is 475 g/mol. The highest BCUT2D eigenvalue weighted by Gasteiger charge is 2.15. The first kappa shape index (κ1) is 25.0. The lowest BCUT2D eigenvalue weighted by Gasteiger charge is -2.15. The van der Waals surface area contributed by atoms with Crippen LogP contribution < -0.4 is 16.4 Å². The molecule has 0 saturated carbocycles. The Kier molecular flexibility index (Phi) is 7.83. The van der Waals surface area contributed by atoms with Crippen LogP contribution in [0.5, 0.6) is 0 Å². The Morgan fingerprint density at radius 3 is 2.11 bits per heavy atom. The highest BCUT2D eigenvalue weighted by Crippen LogP contribution is 2.26. The van der Waals surface area contributed by atoms with Crippen LogP contribution in [0.15, 0.2) is 71.9 Å². The molecule has 0 aromatic heterocycles. The van der Waals surface area contributed by atoms with Gasteiger partial charge in [-0.05, 0) is 53.4 Å². The standard InChI is InChI=1S/C26H26N4O5/c1-15(2)17-7-9-18(10-8-17)25(33)29-22-12-16(13-23(31)32)6-11-21(22)28-26(34)20-5-3-4-19(14-20)24(27)30-35/h3-12,14-15,35H,13H2,1-2H3,(H2,27,30)(H,28,34)(H,29,33)(H,31,32). The highest BCUT2D eigenvalue weighted by molar-refractivity contribution is 6.11. The quantitative estimate of drug-likeness (QED) is 0.144. The van der Waals surface area contributed by atoms with E-state index < -0.39 is 17.8 Å². The lowest BCUT2D eigenvalue weighted by Crippen LogP contribution is -2.18. The van der Waals surface area contributed by atoms with Crippen molar-refractivity contribution in [1.82, 2.24) is 0 Å². The van der Waals surface area contributed by atoms with Crippen LogP contribution in [0.25, 0.3) is 0 Å². The van der Waals surface area contributed by atoms with Crippen molar-refractivity contribution in [1.29, 1.82) is 0 Å². The summed E-state index contributed by atoms with van der Waals surface area (Å²) >= 11 is 0. The van der Waals surface area contributed by atoms with E-state index in [1.807, 2.05) is 12.1 Å². The van der Waals surface area contributed by atoms with Gasteiger partial charge in [0.15, 0.2) is 5.84 Å². The Labute approximate surface area is 202 Å². The van der Waals surface area contributed by atoms with Gasteiger partial charge in [-0.15, -0.1) is 0 Å². The predicted octanol–water partition coefficient (Wildman–Crippen LogP) is 4.04. The Hall–Kier alpha value is -4.66. The van der Waals surface area contributed by atoms with Crippen molar-refractivity contribution < 1.29 is 24.7 Å². The molecule has 0 atom stereocenters. The molecule has 0 spiro atoms. The molecular weight excluding hydrogens is 448 g/mol. The van der Waals surface area contributed by atoms with Crippen LogP contribution in [0, 0.1) is 0 Å². The van der Waals surface area contributed by atoms with Gasteiger partial charge in [-0.25, -0.2) is 0 Å². The fourth-order valence-corrected chi connectivity index (χ4v) is 3.37. The van der Waals surface area contributed by atoms with Gasteiger partial charge < -0.3 is 26.7 Å². The smallest absolute Gasteiger partial charge is 0.307 e. The van der Waals surface area contributed by atoms with Gasteiger partial charge in [-0.2, -0.15) is 0 Å². The fraction of sp³-hybridized carbons (Fsp3) is 0.154. The van der Waals surface area contributed by atoms with Crippen LogP contribution in [0.4, 0.5) is 11.4 Å². The molecule has 180 valence electrons. The van der Waals surface area contributed by atoms with E-state index >= 15 is 0 Å². The largest absolute Gasteiger partial charge is 0.481 e. The summed E-state index contributed by atoms with van der Waals surface area (Å²) in [7, 11) is 0. The number of oxime groups is 1. The SMILES string of the molecule is CC(C)c1ccc(C(=O)Nc2cc(CC(=O)O)ccc2NC(=O)c2cccc(C(N)=NO)c2)cc1. The number of nitrogens with two attached hydrogens (primary N) is 1. The molecule has 35 heavy (non-hydrogen) atoms. The summed E-state index contributed by atoms with van der Waals surface area (Å²) in [4.78, 5) is 37.0. The van der Waals surface area contributed by atoms with E-state index in [1.54, 1.807) is 36.4 Å². The highest BCUT2D eigenvalue weighted by atomic mass is 16.4. The number of carbonyl (C=O) groups excluding carboxylic acids is 2. The molecular formula is C26H26N4O5. The van der Waals surface area contributed by atoms with Gasteiger partial charge in [0.25, 0.3) is 11.8 Å². The van der Waals surface area contributed by atoms with Gasteiger partial charge in [-0.3, -0.25) is 14.4 Å². The maximum Gasteiger partial charge on any atom is 0.307 e. The number of hydrogen-bond donors (Lipinski definition) is 5. The summed E-state index contributed by atoms with van der Waals surface area (Å²) < 4.78 is 0. The van der Waals surface area contributed by atoms with Crippen LogP contribution in [-0.4, -0.2) is 33.9 Å².